The van der Waals surface area contributed by atoms with Crippen LogP contribution in [0, 0.1) is 0 Å². The predicted octanol–water partition coefficient (Wildman–Crippen LogP) is 5.11. The number of rotatable bonds is 3. The zero-order valence-electron chi connectivity index (χ0n) is 9.54. The molecule has 1 unspecified atom stereocenters. The van der Waals surface area contributed by atoms with Crippen molar-refractivity contribution in [1.82, 2.24) is 0 Å². The Kier molecular flexibility index (Phi) is 4.84. The van der Waals surface area contributed by atoms with E-state index in [9.17, 15) is 0 Å². The molecule has 0 spiro atoms. The first-order chi connectivity index (χ1) is 8.56. The number of halogens is 3. The van der Waals surface area contributed by atoms with Gasteiger partial charge in [-0.05, 0) is 47.9 Å². The van der Waals surface area contributed by atoms with E-state index >= 15 is 0 Å². The summed E-state index contributed by atoms with van der Waals surface area (Å²) < 4.78 is 2.06. The maximum absolute atomic E-state index is 6.25. The van der Waals surface area contributed by atoms with Gasteiger partial charge < -0.3 is 5.73 Å². The highest BCUT2D eigenvalue weighted by molar-refractivity contribution is 9.11. The van der Waals surface area contributed by atoms with E-state index in [4.69, 9.17) is 17.3 Å². The lowest BCUT2D eigenvalue weighted by Crippen LogP contribution is -2.14. The smallest absolute Gasteiger partial charge is 0.0408 e. The van der Waals surface area contributed by atoms with Crippen molar-refractivity contribution in [3.05, 3.63) is 67.6 Å². The Hall–Kier alpha value is -0.350. The first kappa shape index (κ1) is 14.1. The van der Waals surface area contributed by atoms with Gasteiger partial charge in [0.2, 0.25) is 0 Å². The Balaban J connectivity index is 2.21. The van der Waals surface area contributed by atoms with Gasteiger partial charge in [0, 0.05) is 20.0 Å². The van der Waals surface area contributed by atoms with Gasteiger partial charge >= 0.3 is 0 Å². The Bertz CT molecular complexity index is 557. The second kappa shape index (κ2) is 6.20. The van der Waals surface area contributed by atoms with Gasteiger partial charge in [0.25, 0.3) is 0 Å². The molecule has 0 bridgehead atoms. The maximum atomic E-state index is 6.25. The van der Waals surface area contributed by atoms with E-state index in [0.717, 1.165) is 31.5 Å². The van der Waals surface area contributed by atoms with Gasteiger partial charge in [-0.3, -0.25) is 0 Å². The van der Waals surface area contributed by atoms with Gasteiger partial charge in [0.1, 0.15) is 0 Å². The van der Waals surface area contributed by atoms with Crippen LogP contribution in [0.5, 0.6) is 0 Å². The van der Waals surface area contributed by atoms with Crippen molar-refractivity contribution in [2.24, 2.45) is 5.73 Å². The number of benzene rings is 2. The summed E-state index contributed by atoms with van der Waals surface area (Å²) in [7, 11) is 0. The SMILES string of the molecule is NC(Cc1cccc(Cl)c1)c1cc(Br)ccc1Br. The zero-order chi connectivity index (χ0) is 13.1. The summed E-state index contributed by atoms with van der Waals surface area (Å²) in [6.45, 7) is 0. The largest absolute Gasteiger partial charge is 0.324 e. The maximum Gasteiger partial charge on any atom is 0.0408 e. The van der Waals surface area contributed by atoms with E-state index < -0.39 is 0 Å². The molecule has 2 aromatic carbocycles. The third-order valence-corrected chi connectivity index (χ3v) is 4.15. The fourth-order valence-electron chi connectivity index (χ4n) is 1.83. The van der Waals surface area contributed by atoms with Crippen LogP contribution < -0.4 is 5.73 Å². The molecule has 2 aromatic rings. The molecule has 2 N–H and O–H groups in total. The highest BCUT2D eigenvalue weighted by atomic mass is 79.9. The Morgan fingerprint density at radius 3 is 2.61 bits per heavy atom. The van der Waals surface area contributed by atoms with Crippen LogP contribution in [0.15, 0.2) is 51.4 Å². The van der Waals surface area contributed by atoms with Crippen molar-refractivity contribution in [2.45, 2.75) is 12.5 Å². The predicted molar refractivity (Wildman–Crippen MR) is 83.9 cm³/mol. The van der Waals surface area contributed by atoms with Crippen LogP contribution in [0.2, 0.25) is 5.02 Å². The van der Waals surface area contributed by atoms with Gasteiger partial charge in [-0.25, -0.2) is 0 Å². The standard InChI is InChI=1S/C14H12Br2ClN/c15-10-4-5-13(16)12(8-10)14(18)7-9-2-1-3-11(17)6-9/h1-6,8,14H,7,18H2. The van der Waals surface area contributed by atoms with E-state index in [1.807, 2.05) is 42.5 Å². The molecule has 2 rings (SSSR count). The minimum atomic E-state index is -0.0599. The topological polar surface area (TPSA) is 26.0 Å². The van der Waals surface area contributed by atoms with E-state index in [-0.39, 0.29) is 6.04 Å². The molecule has 1 atom stereocenters. The van der Waals surface area contributed by atoms with Crippen LogP contribution in [-0.4, -0.2) is 0 Å². The van der Waals surface area contributed by atoms with Crippen molar-refractivity contribution in [3.8, 4) is 0 Å². The lowest BCUT2D eigenvalue weighted by atomic mass is 10.00. The van der Waals surface area contributed by atoms with Crippen LogP contribution in [0.25, 0.3) is 0 Å². The molecule has 4 heteroatoms. The third kappa shape index (κ3) is 3.58. The summed E-state index contributed by atoms with van der Waals surface area (Å²) in [6, 6.07) is 13.8. The molecule has 0 fully saturated rings. The number of nitrogens with two attached hydrogens (primary N) is 1. The number of hydrogen-bond acceptors (Lipinski definition) is 1. The quantitative estimate of drug-likeness (QED) is 0.776. The molecule has 0 saturated heterocycles. The average Bonchev–Trinajstić information content (AvgIpc) is 2.32. The summed E-state index contributed by atoms with van der Waals surface area (Å²) in [5.74, 6) is 0. The van der Waals surface area contributed by atoms with Gasteiger partial charge in [0.05, 0.1) is 0 Å². The highest BCUT2D eigenvalue weighted by Gasteiger charge is 2.11. The fourth-order valence-corrected chi connectivity index (χ4v) is 2.96. The number of hydrogen-bond donors (Lipinski definition) is 1. The molecular formula is C14H12Br2ClN. The van der Waals surface area contributed by atoms with Crippen LogP contribution >= 0.6 is 43.5 Å². The minimum absolute atomic E-state index is 0.0599. The summed E-state index contributed by atoms with van der Waals surface area (Å²) in [6.07, 6.45) is 0.760. The van der Waals surface area contributed by atoms with E-state index in [0.29, 0.717) is 0 Å². The van der Waals surface area contributed by atoms with E-state index in [1.165, 1.54) is 0 Å². The zero-order valence-corrected chi connectivity index (χ0v) is 13.5. The van der Waals surface area contributed by atoms with Gasteiger partial charge in [-0.15, -0.1) is 0 Å². The first-order valence-electron chi connectivity index (χ1n) is 5.51. The molecular weight excluding hydrogens is 377 g/mol. The molecule has 0 aliphatic heterocycles. The van der Waals surface area contributed by atoms with Gasteiger partial charge in [0.15, 0.2) is 0 Å². The molecule has 0 amide bonds. The van der Waals surface area contributed by atoms with Crippen molar-refractivity contribution < 1.29 is 0 Å². The molecule has 18 heavy (non-hydrogen) atoms. The third-order valence-electron chi connectivity index (χ3n) is 2.70. The van der Waals surface area contributed by atoms with Crippen molar-refractivity contribution in [3.63, 3.8) is 0 Å². The van der Waals surface area contributed by atoms with E-state index in [1.54, 1.807) is 0 Å². The van der Waals surface area contributed by atoms with Crippen LogP contribution in [0.4, 0.5) is 0 Å². The van der Waals surface area contributed by atoms with Gasteiger partial charge in [-0.1, -0.05) is 55.6 Å². The Morgan fingerprint density at radius 1 is 1.11 bits per heavy atom. The molecule has 94 valence electrons. The van der Waals surface area contributed by atoms with Crippen LogP contribution in [-0.2, 0) is 6.42 Å². The summed E-state index contributed by atoms with van der Waals surface area (Å²) in [5.41, 5.74) is 8.48. The van der Waals surface area contributed by atoms with Crippen molar-refractivity contribution >= 4 is 43.5 Å². The molecule has 0 heterocycles. The second-order valence-corrected chi connectivity index (χ2v) is 6.31. The van der Waals surface area contributed by atoms with E-state index in [2.05, 4.69) is 31.9 Å². The highest BCUT2D eigenvalue weighted by Crippen LogP contribution is 2.28. The second-order valence-electron chi connectivity index (χ2n) is 4.11. The first-order valence-corrected chi connectivity index (χ1v) is 7.47. The van der Waals surface area contributed by atoms with Crippen molar-refractivity contribution in [2.75, 3.05) is 0 Å². The molecule has 0 aliphatic carbocycles. The average molecular weight is 390 g/mol. The fraction of sp³-hybridized carbons (Fsp3) is 0.143. The normalized spacial score (nSPS) is 12.4. The summed E-state index contributed by atoms with van der Waals surface area (Å²) in [5, 5.41) is 0.744. The molecule has 1 nitrogen and oxygen atoms in total. The minimum Gasteiger partial charge on any atom is -0.324 e. The molecule has 0 saturated carbocycles. The van der Waals surface area contributed by atoms with Gasteiger partial charge in [-0.2, -0.15) is 0 Å². The molecule has 0 radical (unpaired) electrons. The lowest BCUT2D eigenvalue weighted by Gasteiger charge is -2.14. The van der Waals surface area contributed by atoms with Crippen LogP contribution in [0.3, 0.4) is 0 Å². The molecule has 0 aromatic heterocycles. The monoisotopic (exact) mass is 387 g/mol. The summed E-state index contributed by atoms with van der Waals surface area (Å²) >= 11 is 13.0. The van der Waals surface area contributed by atoms with Crippen LogP contribution in [0.1, 0.15) is 17.2 Å². The van der Waals surface area contributed by atoms with Crippen molar-refractivity contribution in [1.29, 1.82) is 0 Å². The Morgan fingerprint density at radius 2 is 1.89 bits per heavy atom. The lowest BCUT2D eigenvalue weighted by molar-refractivity contribution is 0.718. The molecule has 0 aliphatic rings. The summed E-state index contributed by atoms with van der Waals surface area (Å²) in [4.78, 5) is 0. The Labute approximate surface area is 129 Å².